The van der Waals surface area contributed by atoms with Crippen LogP contribution in [-0.4, -0.2) is 17.9 Å². The number of carbonyl (C=O) groups is 1. The molecule has 0 bridgehead atoms. The molecule has 0 aliphatic carbocycles. The van der Waals surface area contributed by atoms with E-state index in [9.17, 15) is 18.0 Å². The molecule has 2 aromatic carbocycles. The largest absolute Gasteiger partial charge is 0.416 e. The van der Waals surface area contributed by atoms with Gasteiger partial charge in [-0.3, -0.25) is 4.79 Å². The summed E-state index contributed by atoms with van der Waals surface area (Å²) >= 11 is 3.42. The van der Waals surface area contributed by atoms with Gasteiger partial charge in [0.2, 0.25) is 5.91 Å². The molecule has 0 N–H and O–H groups in total. The van der Waals surface area contributed by atoms with Crippen LogP contribution in [0.15, 0.2) is 53.0 Å². The van der Waals surface area contributed by atoms with Crippen molar-refractivity contribution in [2.45, 2.75) is 19.1 Å². The zero-order chi connectivity index (χ0) is 17.0. The summed E-state index contributed by atoms with van der Waals surface area (Å²) in [5.41, 5.74) is 0.813. The quantitative estimate of drug-likeness (QED) is 0.748. The van der Waals surface area contributed by atoms with E-state index in [1.54, 1.807) is 11.9 Å². The number of likely N-dealkylation sites (N-methyl/N-ethyl adjacent to an activating group) is 1. The lowest BCUT2D eigenvalue weighted by atomic mass is 10.1. The molecule has 2 nitrogen and oxygen atoms in total. The van der Waals surface area contributed by atoms with E-state index in [2.05, 4.69) is 15.9 Å². The highest BCUT2D eigenvalue weighted by atomic mass is 79.9. The SMILES string of the molecule is CN(Cc1ccccc1Br)C(=O)Cc1ccc(C(F)(F)F)cc1. The zero-order valence-corrected chi connectivity index (χ0v) is 14.0. The molecule has 0 aliphatic rings. The lowest BCUT2D eigenvalue weighted by Crippen LogP contribution is -2.27. The van der Waals surface area contributed by atoms with Crippen molar-refractivity contribution in [3.63, 3.8) is 0 Å². The van der Waals surface area contributed by atoms with Gasteiger partial charge >= 0.3 is 6.18 Å². The van der Waals surface area contributed by atoms with Crippen molar-refractivity contribution in [2.75, 3.05) is 7.05 Å². The smallest absolute Gasteiger partial charge is 0.341 e. The minimum Gasteiger partial charge on any atom is -0.341 e. The van der Waals surface area contributed by atoms with Crippen molar-refractivity contribution in [3.8, 4) is 0 Å². The van der Waals surface area contributed by atoms with Crippen molar-refractivity contribution in [3.05, 3.63) is 69.7 Å². The summed E-state index contributed by atoms with van der Waals surface area (Å²) in [7, 11) is 1.67. The van der Waals surface area contributed by atoms with E-state index in [1.165, 1.54) is 12.1 Å². The number of carbonyl (C=O) groups excluding carboxylic acids is 1. The van der Waals surface area contributed by atoms with Crippen LogP contribution < -0.4 is 0 Å². The average Bonchev–Trinajstić information content (AvgIpc) is 2.49. The Morgan fingerprint density at radius 3 is 2.26 bits per heavy atom. The van der Waals surface area contributed by atoms with Crippen LogP contribution in [0.2, 0.25) is 0 Å². The molecule has 1 amide bonds. The monoisotopic (exact) mass is 385 g/mol. The summed E-state index contributed by atoms with van der Waals surface area (Å²) in [5.74, 6) is -0.152. The average molecular weight is 386 g/mol. The number of rotatable bonds is 4. The van der Waals surface area contributed by atoms with Crippen molar-refractivity contribution in [2.24, 2.45) is 0 Å². The number of nitrogens with zero attached hydrogens (tertiary/aromatic N) is 1. The second-order valence-electron chi connectivity index (χ2n) is 5.21. The molecule has 0 spiro atoms. The number of benzene rings is 2. The van der Waals surface area contributed by atoms with Gasteiger partial charge in [0.15, 0.2) is 0 Å². The number of hydrogen-bond donors (Lipinski definition) is 0. The first kappa shape index (κ1) is 17.5. The number of alkyl halides is 3. The van der Waals surface area contributed by atoms with Crippen molar-refractivity contribution in [1.29, 1.82) is 0 Å². The van der Waals surface area contributed by atoms with E-state index in [4.69, 9.17) is 0 Å². The Balaban J connectivity index is 2.00. The van der Waals surface area contributed by atoms with Gasteiger partial charge in [0.1, 0.15) is 0 Å². The standard InChI is InChI=1S/C17H15BrF3NO/c1-22(11-13-4-2-3-5-15(13)18)16(23)10-12-6-8-14(9-7-12)17(19,20)21/h2-9H,10-11H2,1H3. The van der Waals surface area contributed by atoms with Crippen LogP contribution in [0, 0.1) is 0 Å². The molecule has 0 atom stereocenters. The molecule has 6 heteroatoms. The molecule has 2 aromatic rings. The molecule has 0 saturated carbocycles. The van der Waals surface area contributed by atoms with Crippen molar-refractivity contribution in [1.82, 2.24) is 4.90 Å². The van der Waals surface area contributed by atoms with Gasteiger partial charge in [0, 0.05) is 18.1 Å². The molecule has 0 aliphatic heterocycles. The maximum Gasteiger partial charge on any atom is 0.416 e. The Labute approximate surface area is 141 Å². The second kappa shape index (κ2) is 7.17. The van der Waals surface area contributed by atoms with E-state index in [1.807, 2.05) is 24.3 Å². The Morgan fingerprint density at radius 1 is 1.09 bits per heavy atom. The Bertz CT molecular complexity index is 683. The highest BCUT2D eigenvalue weighted by Gasteiger charge is 2.30. The fourth-order valence-electron chi connectivity index (χ4n) is 2.09. The first-order chi connectivity index (χ1) is 10.8. The van der Waals surface area contributed by atoms with Gasteiger partial charge in [0.05, 0.1) is 12.0 Å². The van der Waals surface area contributed by atoms with Gasteiger partial charge in [-0.1, -0.05) is 46.3 Å². The predicted octanol–water partition coefficient (Wildman–Crippen LogP) is 4.67. The van der Waals surface area contributed by atoms with Gasteiger partial charge in [-0.25, -0.2) is 0 Å². The van der Waals surface area contributed by atoms with E-state index in [0.29, 0.717) is 12.1 Å². The topological polar surface area (TPSA) is 20.3 Å². The summed E-state index contributed by atoms with van der Waals surface area (Å²) in [6, 6.07) is 12.2. The molecular formula is C17H15BrF3NO. The third kappa shape index (κ3) is 4.82. The predicted molar refractivity (Wildman–Crippen MR) is 85.8 cm³/mol. The van der Waals surface area contributed by atoms with E-state index >= 15 is 0 Å². The molecule has 122 valence electrons. The molecule has 0 radical (unpaired) electrons. The molecule has 0 unspecified atom stereocenters. The van der Waals surface area contributed by atoms with Gasteiger partial charge in [-0.15, -0.1) is 0 Å². The summed E-state index contributed by atoms with van der Waals surface area (Å²) in [6.45, 7) is 0.431. The first-order valence-corrected chi connectivity index (χ1v) is 7.70. The van der Waals surface area contributed by atoms with Gasteiger partial charge in [-0.2, -0.15) is 13.2 Å². The zero-order valence-electron chi connectivity index (χ0n) is 12.4. The number of halogens is 4. The van der Waals surface area contributed by atoms with Crippen LogP contribution in [-0.2, 0) is 23.9 Å². The number of hydrogen-bond acceptors (Lipinski definition) is 1. The fraction of sp³-hybridized carbons (Fsp3) is 0.235. The second-order valence-corrected chi connectivity index (χ2v) is 6.07. The van der Waals surface area contributed by atoms with Crippen molar-refractivity contribution < 1.29 is 18.0 Å². The van der Waals surface area contributed by atoms with E-state index in [-0.39, 0.29) is 12.3 Å². The maximum atomic E-state index is 12.5. The molecule has 23 heavy (non-hydrogen) atoms. The Kier molecular flexibility index (Phi) is 5.46. The summed E-state index contributed by atoms with van der Waals surface area (Å²) < 4.78 is 38.4. The summed E-state index contributed by atoms with van der Waals surface area (Å²) in [5, 5.41) is 0. The molecule has 0 heterocycles. The summed E-state index contributed by atoms with van der Waals surface area (Å²) in [6.07, 6.45) is -4.29. The lowest BCUT2D eigenvalue weighted by Gasteiger charge is -2.18. The van der Waals surface area contributed by atoms with E-state index in [0.717, 1.165) is 22.2 Å². The lowest BCUT2D eigenvalue weighted by molar-refractivity contribution is -0.137. The van der Waals surface area contributed by atoms with Crippen LogP contribution in [0.3, 0.4) is 0 Å². The minimum atomic E-state index is -4.36. The van der Waals surface area contributed by atoms with Gasteiger partial charge in [-0.05, 0) is 29.3 Å². The summed E-state index contributed by atoms with van der Waals surface area (Å²) in [4.78, 5) is 13.8. The Morgan fingerprint density at radius 2 is 1.70 bits per heavy atom. The molecule has 0 aromatic heterocycles. The maximum absolute atomic E-state index is 12.5. The van der Waals surface area contributed by atoms with Crippen LogP contribution in [0.1, 0.15) is 16.7 Å². The Hall–Kier alpha value is -1.82. The van der Waals surface area contributed by atoms with E-state index < -0.39 is 11.7 Å². The normalized spacial score (nSPS) is 11.3. The van der Waals surface area contributed by atoms with Gasteiger partial charge < -0.3 is 4.90 Å². The third-order valence-corrected chi connectivity index (χ3v) is 4.20. The van der Waals surface area contributed by atoms with Crippen LogP contribution in [0.5, 0.6) is 0 Å². The van der Waals surface area contributed by atoms with Crippen LogP contribution in [0.4, 0.5) is 13.2 Å². The third-order valence-electron chi connectivity index (χ3n) is 3.43. The van der Waals surface area contributed by atoms with Crippen LogP contribution in [0.25, 0.3) is 0 Å². The molecule has 0 fully saturated rings. The van der Waals surface area contributed by atoms with Crippen LogP contribution >= 0.6 is 15.9 Å². The molecule has 2 rings (SSSR count). The van der Waals surface area contributed by atoms with Gasteiger partial charge in [0.25, 0.3) is 0 Å². The highest BCUT2D eigenvalue weighted by Crippen LogP contribution is 2.29. The number of amides is 1. The minimum absolute atomic E-state index is 0.0685. The fourth-order valence-corrected chi connectivity index (χ4v) is 2.50. The molecular weight excluding hydrogens is 371 g/mol. The molecule has 0 saturated heterocycles. The highest BCUT2D eigenvalue weighted by molar-refractivity contribution is 9.10. The first-order valence-electron chi connectivity index (χ1n) is 6.91. The van der Waals surface area contributed by atoms with Crippen molar-refractivity contribution >= 4 is 21.8 Å².